The van der Waals surface area contributed by atoms with Gasteiger partial charge in [0.25, 0.3) is 5.91 Å². The number of thioether (sulfide) groups is 1. The van der Waals surface area contributed by atoms with Crippen molar-refractivity contribution in [2.45, 2.75) is 31.3 Å². The van der Waals surface area contributed by atoms with Gasteiger partial charge in [0.2, 0.25) is 5.91 Å². The molecule has 13 heteroatoms. The molecule has 1 aliphatic rings. The van der Waals surface area contributed by atoms with E-state index in [1.165, 1.54) is 17.8 Å². The van der Waals surface area contributed by atoms with Crippen LogP contribution in [0.2, 0.25) is 0 Å². The standard InChI is InChI=1S/C18H20F3N7O2S/c1-8-5-23-13(4-11(8)18(19,20)21)27-16(30)12-7-24-17(31-12)9(2)26-15(29)10-6-25-28(3)14(10)22/h4-6,9,12H,7,22H2,1-3H3,(H,26,29)(H,23,27,30)/t9-,12?/m1/s1. The number of hydrogen-bond acceptors (Lipinski definition) is 7. The minimum Gasteiger partial charge on any atom is -0.383 e. The predicted octanol–water partition coefficient (Wildman–Crippen LogP) is 2.00. The first-order valence-electron chi connectivity index (χ1n) is 9.11. The van der Waals surface area contributed by atoms with Gasteiger partial charge >= 0.3 is 6.18 Å². The Labute approximate surface area is 179 Å². The Balaban J connectivity index is 1.59. The smallest absolute Gasteiger partial charge is 0.383 e. The van der Waals surface area contributed by atoms with Crippen LogP contribution in [0.25, 0.3) is 0 Å². The first-order chi connectivity index (χ1) is 14.5. The quantitative estimate of drug-likeness (QED) is 0.633. The zero-order valence-electron chi connectivity index (χ0n) is 16.8. The summed E-state index contributed by atoms with van der Waals surface area (Å²) in [4.78, 5) is 33.0. The molecule has 1 aliphatic heterocycles. The maximum absolute atomic E-state index is 13.0. The van der Waals surface area contributed by atoms with E-state index in [0.717, 1.165) is 24.0 Å². The highest BCUT2D eigenvalue weighted by Crippen LogP contribution is 2.33. The number of halogens is 3. The van der Waals surface area contributed by atoms with Crippen LogP contribution in [-0.4, -0.2) is 49.5 Å². The van der Waals surface area contributed by atoms with E-state index in [9.17, 15) is 22.8 Å². The number of alkyl halides is 3. The van der Waals surface area contributed by atoms with Gasteiger partial charge in [0.15, 0.2) is 0 Å². The molecule has 3 heterocycles. The number of hydrogen-bond donors (Lipinski definition) is 3. The van der Waals surface area contributed by atoms with Crippen LogP contribution in [0, 0.1) is 6.92 Å². The van der Waals surface area contributed by atoms with Crippen molar-refractivity contribution in [1.29, 1.82) is 0 Å². The molecule has 0 aliphatic carbocycles. The van der Waals surface area contributed by atoms with Crippen LogP contribution in [0.5, 0.6) is 0 Å². The minimum atomic E-state index is -4.55. The molecule has 2 aromatic heterocycles. The molecule has 2 atom stereocenters. The Morgan fingerprint density at radius 3 is 2.68 bits per heavy atom. The van der Waals surface area contributed by atoms with Gasteiger partial charge in [-0.25, -0.2) is 4.98 Å². The van der Waals surface area contributed by atoms with Crippen molar-refractivity contribution in [3.8, 4) is 0 Å². The average Bonchev–Trinajstić information content (AvgIpc) is 3.30. The van der Waals surface area contributed by atoms with Crippen LogP contribution in [-0.2, 0) is 18.0 Å². The van der Waals surface area contributed by atoms with Gasteiger partial charge in [0.1, 0.15) is 22.4 Å². The second-order valence-corrected chi connectivity index (χ2v) is 8.14. The van der Waals surface area contributed by atoms with Crippen molar-refractivity contribution in [1.82, 2.24) is 20.1 Å². The monoisotopic (exact) mass is 455 g/mol. The van der Waals surface area contributed by atoms with Crippen molar-refractivity contribution < 1.29 is 22.8 Å². The summed E-state index contributed by atoms with van der Waals surface area (Å²) in [5.41, 5.74) is 5.11. The van der Waals surface area contributed by atoms with Crippen molar-refractivity contribution in [2.24, 2.45) is 12.0 Å². The first kappa shape index (κ1) is 22.6. The Hall–Kier alpha value is -3.09. The van der Waals surface area contributed by atoms with Crippen LogP contribution in [0.15, 0.2) is 23.5 Å². The molecule has 0 saturated carbocycles. The van der Waals surface area contributed by atoms with Gasteiger partial charge in [-0.1, -0.05) is 11.8 Å². The minimum absolute atomic E-state index is 0.0369. The van der Waals surface area contributed by atoms with Crippen LogP contribution < -0.4 is 16.4 Å². The fourth-order valence-corrected chi connectivity index (χ4v) is 3.85. The Bertz CT molecular complexity index is 1050. The van der Waals surface area contributed by atoms with Crippen molar-refractivity contribution >= 4 is 40.3 Å². The van der Waals surface area contributed by atoms with Crippen LogP contribution in [0.3, 0.4) is 0 Å². The van der Waals surface area contributed by atoms with Gasteiger partial charge in [-0.15, -0.1) is 0 Å². The summed E-state index contributed by atoms with van der Waals surface area (Å²) in [5.74, 6) is -0.932. The lowest BCUT2D eigenvalue weighted by Crippen LogP contribution is -2.37. The van der Waals surface area contributed by atoms with E-state index < -0.39 is 34.8 Å². The summed E-state index contributed by atoms with van der Waals surface area (Å²) < 4.78 is 40.5. The molecule has 0 saturated heterocycles. The zero-order valence-corrected chi connectivity index (χ0v) is 17.6. The van der Waals surface area contributed by atoms with Crippen molar-refractivity contribution in [3.63, 3.8) is 0 Å². The number of carbonyl (C=O) groups excluding carboxylic acids is 2. The molecular weight excluding hydrogens is 435 g/mol. The third-order valence-corrected chi connectivity index (χ3v) is 5.95. The normalized spacial score (nSPS) is 17.2. The molecule has 2 amide bonds. The highest BCUT2D eigenvalue weighted by atomic mass is 32.2. The van der Waals surface area contributed by atoms with Crippen LogP contribution in [0.1, 0.15) is 28.4 Å². The maximum Gasteiger partial charge on any atom is 0.416 e. The van der Waals surface area contributed by atoms with Crippen LogP contribution >= 0.6 is 11.8 Å². The number of nitrogens with one attached hydrogen (secondary N) is 2. The molecule has 2 aromatic rings. The SMILES string of the molecule is Cc1cnc(NC(=O)C2CN=C([C@@H](C)NC(=O)c3cnn(C)c3N)S2)cc1C(F)(F)F. The van der Waals surface area contributed by atoms with Gasteiger partial charge in [0, 0.05) is 13.2 Å². The average molecular weight is 455 g/mol. The predicted molar refractivity (Wildman–Crippen MR) is 111 cm³/mol. The zero-order chi connectivity index (χ0) is 22.9. The molecule has 0 radical (unpaired) electrons. The van der Waals surface area contributed by atoms with E-state index in [1.807, 2.05) is 0 Å². The lowest BCUT2D eigenvalue weighted by atomic mass is 10.1. The number of carbonyl (C=O) groups is 2. The molecule has 9 nitrogen and oxygen atoms in total. The summed E-state index contributed by atoms with van der Waals surface area (Å²) in [6.45, 7) is 3.12. The summed E-state index contributed by atoms with van der Waals surface area (Å²) in [6.07, 6.45) is -2.14. The van der Waals surface area contributed by atoms with E-state index in [2.05, 4.69) is 25.7 Å². The Morgan fingerprint density at radius 2 is 2.06 bits per heavy atom. The van der Waals surface area contributed by atoms with Gasteiger partial charge in [-0.2, -0.15) is 18.3 Å². The number of anilines is 2. The lowest BCUT2D eigenvalue weighted by molar-refractivity contribution is -0.138. The van der Waals surface area contributed by atoms with Gasteiger partial charge in [-0.3, -0.25) is 19.3 Å². The Morgan fingerprint density at radius 1 is 1.35 bits per heavy atom. The molecule has 0 spiro atoms. The van der Waals surface area contributed by atoms with Gasteiger partial charge < -0.3 is 16.4 Å². The third kappa shape index (κ3) is 4.98. The highest BCUT2D eigenvalue weighted by molar-refractivity contribution is 8.15. The molecule has 0 aromatic carbocycles. The number of rotatable bonds is 5. The number of nitrogen functional groups attached to an aromatic ring is 1. The van der Waals surface area contributed by atoms with Gasteiger partial charge in [0.05, 0.1) is 29.4 Å². The molecule has 0 fully saturated rings. The van der Waals surface area contributed by atoms with E-state index in [-0.39, 0.29) is 29.3 Å². The number of pyridine rings is 1. The summed E-state index contributed by atoms with van der Waals surface area (Å²) >= 11 is 1.13. The maximum atomic E-state index is 13.0. The molecule has 166 valence electrons. The number of aromatic nitrogens is 3. The molecule has 31 heavy (non-hydrogen) atoms. The number of amides is 2. The number of nitrogens with two attached hydrogens (primary N) is 1. The topological polar surface area (TPSA) is 127 Å². The van der Waals surface area contributed by atoms with E-state index in [4.69, 9.17) is 5.73 Å². The van der Waals surface area contributed by atoms with Crippen molar-refractivity contribution in [3.05, 3.63) is 35.2 Å². The fraction of sp³-hybridized carbons (Fsp3) is 0.389. The van der Waals surface area contributed by atoms with Crippen molar-refractivity contribution in [2.75, 3.05) is 17.6 Å². The lowest BCUT2D eigenvalue weighted by Gasteiger charge is -2.15. The van der Waals surface area contributed by atoms with E-state index in [1.54, 1.807) is 14.0 Å². The van der Waals surface area contributed by atoms with Gasteiger partial charge in [-0.05, 0) is 25.5 Å². The molecule has 1 unspecified atom stereocenters. The number of aliphatic imine (C=N–C) groups is 1. The molecular formula is C18H20F3N7O2S. The molecule has 0 bridgehead atoms. The largest absolute Gasteiger partial charge is 0.416 e. The molecule has 3 rings (SSSR count). The summed E-state index contributed by atoms with van der Waals surface area (Å²) in [6, 6.07) is 0.305. The summed E-state index contributed by atoms with van der Waals surface area (Å²) in [7, 11) is 1.61. The molecule has 4 N–H and O–H groups in total. The second kappa shape index (κ2) is 8.57. The number of aryl methyl sites for hydroxylation is 2. The van der Waals surface area contributed by atoms with Crippen LogP contribution in [0.4, 0.5) is 24.8 Å². The number of nitrogens with zero attached hydrogens (tertiary/aromatic N) is 4. The van der Waals surface area contributed by atoms with E-state index in [0.29, 0.717) is 5.04 Å². The fourth-order valence-electron chi connectivity index (χ4n) is 2.83. The second-order valence-electron chi connectivity index (χ2n) is 6.92. The Kier molecular flexibility index (Phi) is 6.25. The highest BCUT2D eigenvalue weighted by Gasteiger charge is 2.34. The summed E-state index contributed by atoms with van der Waals surface area (Å²) in [5, 5.41) is 8.91. The van der Waals surface area contributed by atoms with E-state index >= 15 is 0 Å². The first-order valence-corrected chi connectivity index (χ1v) is 9.99. The third-order valence-electron chi connectivity index (χ3n) is 4.58.